The standard InChI is InChI=1S/C27H28FN5O3/c1-31-13-11-30-25(31)22-9-2-3-12-32(22)23(34)15-27(20-7-4-8-21(28)14-20)16-24(35)33(26(27)36)18-19-6-5-10-29-17-19/h4-8,10-11,13-14,17,22H,2-3,9,12,15-16,18H2,1H3/t22-,27+/m1/s1. The third kappa shape index (κ3) is 4.29. The van der Waals surface area contributed by atoms with Crippen molar-refractivity contribution in [3.8, 4) is 0 Å². The predicted octanol–water partition coefficient (Wildman–Crippen LogP) is 3.30. The lowest BCUT2D eigenvalue weighted by atomic mass is 9.75. The van der Waals surface area contributed by atoms with E-state index in [1.54, 1.807) is 41.7 Å². The van der Waals surface area contributed by atoms with Crippen LogP contribution in [0.4, 0.5) is 4.39 Å². The van der Waals surface area contributed by atoms with Gasteiger partial charge >= 0.3 is 0 Å². The highest BCUT2D eigenvalue weighted by Gasteiger charge is 2.54. The summed E-state index contributed by atoms with van der Waals surface area (Å²) in [5.41, 5.74) is -0.429. The van der Waals surface area contributed by atoms with Gasteiger partial charge in [0, 0.05) is 51.2 Å². The van der Waals surface area contributed by atoms with Crippen molar-refractivity contribution >= 4 is 17.7 Å². The largest absolute Gasteiger partial charge is 0.336 e. The molecule has 0 N–H and O–H groups in total. The summed E-state index contributed by atoms with van der Waals surface area (Å²) < 4.78 is 16.2. The maximum atomic E-state index is 14.3. The number of aromatic nitrogens is 3. The second-order valence-electron chi connectivity index (χ2n) is 9.59. The first-order valence-corrected chi connectivity index (χ1v) is 12.2. The number of hydrogen-bond donors (Lipinski definition) is 0. The van der Waals surface area contributed by atoms with Crippen molar-refractivity contribution in [3.05, 3.63) is 84.0 Å². The minimum Gasteiger partial charge on any atom is -0.336 e. The smallest absolute Gasteiger partial charge is 0.241 e. The number of nitrogens with zero attached hydrogens (tertiary/aromatic N) is 5. The number of hydrogen-bond acceptors (Lipinski definition) is 5. The van der Waals surface area contributed by atoms with E-state index in [0.717, 1.165) is 25.1 Å². The Hall–Kier alpha value is -3.88. The van der Waals surface area contributed by atoms with E-state index >= 15 is 0 Å². The van der Waals surface area contributed by atoms with Crippen LogP contribution in [-0.4, -0.2) is 48.6 Å². The van der Waals surface area contributed by atoms with Crippen LogP contribution in [0, 0.1) is 5.82 Å². The van der Waals surface area contributed by atoms with E-state index in [-0.39, 0.29) is 37.2 Å². The molecule has 2 aromatic heterocycles. The first-order valence-electron chi connectivity index (χ1n) is 12.2. The van der Waals surface area contributed by atoms with Crippen LogP contribution >= 0.6 is 0 Å². The molecule has 0 bridgehead atoms. The van der Waals surface area contributed by atoms with E-state index in [2.05, 4.69) is 9.97 Å². The second kappa shape index (κ2) is 9.64. The van der Waals surface area contributed by atoms with Crippen LogP contribution in [0.15, 0.2) is 61.2 Å². The normalized spacial score (nSPS) is 22.3. The monoisotopic (exact) mass is 489 g/mol. The molecule has 3 amide bonds. The predicted molar refractivity (Wildman–Crippen MR) is 129 cm³/mol. The van der Waals surface area contributed by atoms with Gasteiger partial charge in [0.25, 0.3) is 0 Å². The molecule has 0 spiro atoms. The van der Waals surface area contributed by atoms with E-state index < -0.39 is 17.1 Å². The summed E-state index contributed by atoms with van der Waals surface area (Å²) in [6, 6.07) is 8.99. The lowest BCUT2D eigenvalue weighted by Crippen LogP contribution is -2.46. The summed E-state index contributed by atoms with van der Waals surface area (Å²) in [5.74, 6) is -0.846. The van der Waals surface area contributed by atoms with E-state index in [1.807, 2.05) is 17.8 Å². The molecule has 36 heavy (non-hydrogen) atoms. The molecule has 1 aromatic carbocycles. The number of carbonyl (C=O) groups excluding carboxylic acids is 3. The maximum absolute atomic E-state index is 14.3. The minimum absolute atomic E-state index is 0.0520. The zero-order valence-corrected chi connectivity index (χ0v) is 20.1. The van der Waals surface area contributed by atoms with Gasteiger partial charge in [-0.3, -0.25) is 24.3 Å². The summed E-state index contributed by atoms with van der Waals surface area (Å²) in [5, 5.41) is 0. The van der Waals surface area contributed by atoms with Crippen molar-refractivity contribution in [2.75, 3.05) is 6.54 Å². The van der Waals surface area contributed by atoms with E-state index in [1.165, 1.54) is 23.1 Å². The highest BCUT2D eigenvalue weighted by Crippen LogP contribution is 2.42. The Kier molecular flexibility index (Phi) is 6.38. The van der Waals surface area contributed by atoms with Gasteiger partial charge in [-0.1, -0.05) is 18.2 Å². The summed E-state index contributed by atoms with van der Waals surface area (Å²) >= 11 is 0. The molecule has 0 saturated carbocycles. The van der Waals surface area contributed by atoms with Crippen LogP contribution in [0.25, 0.3) is 0 Å². The zero-order chi connectivity index (χ0) is 25.3. The van der Waals surface area contributed by atoms with Gasteiger partial charge in [-0.05, 0) is 48.6 Å². The Balaban J connectivity index is 1.49. The van der Waals surface area contributed by atoms with Crippen molar-refractivity contribution in [1.82, 2.24) is 24.3 Å². The molecule has 2 fully saturated rings. The van der Waals surface area contributed by atoms with E-state index in [9.17, 15) is 18.8 Å². The topological polar surface area (TPSA) is 88.4 Å². The van der Waals surface area contributed by atoms with E-state index in [4.69, 9.17) is 0 Å². The Labute approximate surface area is 208 Å². The van der Waals surface area contributed by atoms with Gasteiger partial charge in [-0.15, -0.1) is 0 Å². The van der Waals surface area contributed by atoms with Crippen LogP contribution in [0.5, 0.6) is 0 Å². The second-order valence-corrected chi connectivity index (χ2v) is 9.59. The molecule has 2 aliphatic rings. The first-order chi connectivity index (χ1) is 17.4. The molecule has 0 unspecified atom stereocenters. The fourth-order valence-electron chi connectivity index (χ4n) is 5.44. The maximum Gasteiger partial charge on any atom is 0.241 e. The molecule has 8 nitrogen and oxygen atoms in total. The molecule has 2 aliphatic heterocycles. The minimum atomic E-state index is -1.47. The highest BCUT2D eigenvalue weighted by molar-refractivity contribution is 6.10. The summed E-state index contributed by atoms with van der Waals surface area (Å²) in [6.45, 7) is 0.591. The molecule has 0 radical (unpaired) electrons. The summed E-state index contributed by atoms with van der Waals surface area (Å²) in [4.78, 5) is 52.4. The molecule has 9 heteroatoms. The summed E-state index contributed by atoms with van der Waals surface area (Å²) in [6.07, 6.45) is 8.93. The number of likely N-dealkylation sites (tertiary alicyclic amines) is 2. The zero-order valence-electron chi connectivity index (χ0n) is 20.1. The summed E-state index contributed by atoms with van der Waals surface area (Å²) in [7, 11) is 1.89. The molecule has 4 heterocycles. The highest BCUT2D eigenvalue weighted by atomic mass is 19.1. The van der Waals surface area contributed by atoms with Gasteiger partial charge in [0.15, 0.2) is 0 Å². The van der Waals surface area contributed by atoms with Crippen LogP contribution in [0.1, 0.15) is 55.1 Å². The third-order valence-electron chi connectivity index (χ3n) is 7.28. The van der Waals surface area contributed by atoms with Gasteiger partial charge in [-0.25, -0.2) is 9.37 Å². The molecular weight excluding hydrogens is 461 g/mol. The van der Waals surface area contributed by atoms with Crippen LogP contribution in [0.2, 0.25) is 0 Å². The number of aryl methyl sites for hydroxylation is 1. The quantitative estimate of drug-likeness (QED) is 0.496. The number of imide groups is 1. The van der Waals surface area contributed by atoms with Crippen molar-refractivity contribution in [2.45, 2.75) is 50.1 Å². The van der Waals surface area contributed by atoms with Crippen molar-refractivity contribution in [2.24, 2.45) is 7.05 Å². The molecular formula is C27H28FN5O3. The van der Waals surface area contributed by atoms with Crippen molar-refractivity contribution in [3.63, 3.8) is 0 Å². The number of carbonyl (C=O) groups is 3. The average molecular weight is 490 g/mol. The lowest BCUT2D eigenvalue weighted by Gasteiger charge is -2.37. The Bertz CT molecular complexity index is 1290. The lowest BCUT2D eigenvalue weighted by molar-refractivity contribution is -0.144. The fraction of sp³-hybridized carbons (Fsp3) is 0.370. The number of halogens is 1. The molecule has 3 aromatic rings. The van der Waals surface area contributed by atoms with Crippen molar-refractivity contribution < 1.29 is 18.8 Å². The molecule has 5 rings (SSSR count). The fourth-order valence-corrected chi connectivity index (χ4v) is 5.44. The van der Waals surface area contributed by atoms with Gasteiger partial charge in [0.2, 0.25) is 17.7 Å². The van der Waals surface area contributed by atoms with E-state index in [0.29, 0.717) is 17.7 Å². The average Bonchev–Trinajstić information content (AvgIpc) is 3.41. The van der Waals surface area contributed by atoms with Gasteiger partial charge in [-0.2, -0.15) is 0 Å². The number of amides is 3. The van der Waals surface area contributed by atoms with Gasteiger partial charge < -0.3 is 9.47 Å². The number of imidazole rings is 1. The van der Waals surface area contributed by atoms with Crippen LogP contribution in [-0.2, 0) is 33.4 Å². The Morgan fingerprint density at radius 2 is 2.03 bits per heavy atom. The van der Waals surface area contributed by atoms with Gasteiger partial charge in [0.1, 0.15) is 11.6 Å². The van der Waals surface area contributed by atoms with Crippen LogP contribution in [0.3, 0.4) is 0 Å². The van der Waals surface area contributed by atoms with Crippen molar-refractivity contribution in [1.29, 1.82) is 0 Å². The molecule has 2 saturated heterocycles. The number of pyridine rings is 1. The Morgan fingerprint density at radius 3 is 2.75 bits per heavy atom. The first kappa shape index (κ1) is 23.8. The molecule has 186 valence electrons. The number of rotatable bonds is 6. The molecule has 2 atom stereocenters. The van der Waals surface area contributed by atoms with Crippen LogP contribution < -0.4 is 0 Å². The number of piperidine rings is 1. The Morgan fingerprint density at radius 1 is 1.17 bits per heavy atom. The third-order valence-corrected chi connectivity index (χ3v) is 7.28. The SMILES string of the molecule is Cn1ccnc1[C@H]1CCCCN1C(=O)C[C@@]1(c2cccc(F)c2)CC(=O)N(Cc2cccnc2)C1=O. The number of benzene rings is 1. The van der Waals surface area contributed by atoms with Gasteiger partial charge in [0.05, 0.1) is 18.0 Å². The molecule has 0 aliphatic carbocycles.